The molecule has 0 amide bonds. The van der Waals surface area contributed by atoms with Gasteiger partial charge in [-0.25, -0.2) is 4.79 Å². The van der Waals surface area contributed by atoms with Gasteiger partial charge in [0.25, 0.3) is 0 Å². The van der Waals surface area contributed by atoms with Crippen LogP contribution >= 0.6 is 0 Å². The third-order valence-corrected chi connectivity index (χ3v) is 2.24. The molecule has 5 nitrogen and oxygen atoms in total. The Hall–Kier alpha value is -1.75. The number of aromatic carboxylic acids is 1. The summed E-state index contributed by atoms with van der Waals surface area (Å²) < 4.78 is 5.34. The van der Waals surface area contributed by atoms with Crippen LogP contribution in [0.5, 0.6) is 5.75 Å². The van der Waals surface area contributed by atoms with Crippen LogP contribution in [0.4, 0.5) is 5.69 Å². The maximum Gasteiger partial charge on any atom is 0.339 e. The first-order valence-electron chi connectivity index (χ1n) is 5.28. The van der Waals surface area contributed by atoms with E-state index >= 15 is 0 Å². The smallest absolute Gasteiger partial charge is 0.339 e. The zero-order valence-electron chi connectivity index (χ0n) is 9.93. The molecule has 1 aromatic rings. The van der Waals surface area contributed by atoms with E-state index in [4.69, 9.17) is 15.6 Å². The summed E-state index contributed by atoms with van der Waals surface area (Å²) in [5.74, 6) is -0.931. The van der Waals surface area contributed by atoms with E-state index in [1.54, 1.807) is 26.0 Å². The Morgan fingerprint density at radius 3 is 2.65 bits per heavy atom. The van der Waals surface area contributed by atoms with E-state index in [1.165, 1.54) is 6.07 Å². The van der Waals surface area contributed by atoms with Crippen LogP contribution in [0.3, 0.4) is 0 Å². The fraction of sp³-hybridized carbons (Fsp3) is 0.417. The van der Waals surface area contributed by atoms with Gasteiger partial charge >= 0.3 is 5.97 Å². The number of ether oxygens (including phenoxy) is 1. The first kappa shape index (κ1) is 13.3. The van der Waals surface area contributed by atoms with Crippen molar-refractivity contribution in [2.24, 2.45) is 0 Å². The van der Waals surface area contributed by atoms with Gasteiger partial charge in [0, 0.05) is 6.42 Å². The van der Waals surface area contributed by atoms with Crippen molar-refractivity contribution < 1.29 is 19.7 Å². The molecule has 0 spiro atoms. The molecule has 0 fully saturated rings. The summed E-state index contributed by atoms with van der Waals surface area (Å²) >= 11 is 0. The summed E-state index contributed by atoms with van der Waals surface area (Å²) in [6.07, 6.45) is 0.389. The monoisotopic (exact) mass is 239 g/mol. The molecule has 0 aromatic heterocycles. The topological polar surface area (TPSA) is 92.8 Å². The van der Waals surface area contributed by atoms with E-state index in [0.717, 1.165) is 0 Å². The number of aliphatic hydroxyl groups is 1. The maximum absolute atomic E-state index is 10.9. The lowest BCUT2D eigenvalue weighted by Crippen LogP contribution is -2.22. The van der Waals surface area contributed by atoms with E-state index in [2.05, 4.69) is 0 Å². The zero-order chi connectivity index (χ0) is 13.1. The summed E-state index contributed by atoms with van der Waals surface area (Å²) in [5.41, 5.74) is 5.11. The van der Waals surface area contributed by atoms with Crippen molar-refractivity contribution in [3.05, 3.63) is 23.8 Å². The molecule has 0 saturated heterocycles. The molecule has 4 N–H and O–H groups in total. The fourth-order valence-corrected chi connectivity index (χ4v) is 1.29. The minimum absolute atomic E-state index is 0.0285. The van der Waals surface area contributed by atoms with E-state index in [-0.39, 0.29) is 23.6 Å². The van der Waals surface area contributed by atoms with Crippen molar-refractivity contribution in [2.75, 3.05) is 12.3 Å². The standard InChI is InChI=1S/C12H17NO4/c1-12(2,16)6-7-17-10-8(11(14)15)4-3-5-9(10)13/h3-5,16H,6-7,13H2,1-2H3,(H,14,15). The van der Waals surface area contributed by atoms with Crippen molar-refractivity contribution in [3.63, 3.8) is 0 Å². The van der Waals surface area contributed by atoms with E-state index in [1.807, 2.05) is 0 Å². The van der Waals surface area contributed by atoms with Gasteiger partial charge < -0.3 is 20.7 Å². The molecule has 0 bridgehead atoms. The number of carboxylic acid groups (broad SMARTS) is 1. The van der Waals surface area contributed by atoms with Crippen LogP contribution in [0.2, 0.25) is 0 Å². The average molecular weight is 239 g/mol. The Morgan fingerprint density at radius 2 is 2.12 bits per heavy atom. The number of carboxylic acids is 1. The first-order chi connectivity index (χ1) is 7.81. The van der Waals surface area contributed by atoms with Crippen molar-refractivity contribution in [2.45, 2.75) is 25.9 Å². The highest BCUT2D eigenvalue weighted by atomic mass is 16.5. The van der Waals surface area contributed by atoms with Crippen molar-refractivity contribution in [1.82, 2.24) is 0 Å². The number of carbonyl (C=O) groups is 1. The zero-order valence-corrected chi connectivity index (χ0v) is 9.93. The SMILES string of the molecule is CC(C)(O)CCOc1c(N)cccc1C(=O)O. The van der Waals surface area contributed by atoms with Crippen LogP contribution in [0.25, 0.3) is 0 Å². The minimum atomic E-state index is -1.09. The van der Waals surface area contributed by atoms with Gasteiger partial charge in [-0.3, -0.25) is 0 Å². The molecule has 0 atom stereocenters. The molecule has 17 heavy (non-hydrogen) atoms. The molecule has 0 aliphatic heterocycles. The molecule has 0 saturated carbocycles. The van der Waals surface area contributed by atoms with Crippen LogP contribution in [-0.4, -0.2) is 28.4 Å². The Balaban J connectivity index is 2.79. The van der Waals surface area contributed by atoms with Gasteiger partial charge in [0.2, 0.25) is 0 Å². The third-order valence-electron chi connectivity index (χ3n) is 2.24. The summed E-state index contributed by atoms with van der Waals surface area (Å²) in [7, 11) is 0. The van der Waals surface area contributed by atoms with E-state index < -0.39 is 11.6 Å². The summed E-state index contributed by atoms with van der Waals surface area (Å²) in [5, 5.41) is 18.5. The average Bonchev–Trinajstić information content (AvgIpc) is 2.18. The van der Waals surface area contributed by atoms with Crippen LogP contribution in [0, 0.1) is 0 Å². The second-order valence-electron chi connectivity index (χ2n) is 4.44. The maximum atomic E-state index is 10.9. The normalized spacial score (nSPS) is 11.2. The van der Waals surface area contributed by atoms with Crippen LogP contribution in [0.15, 0.2) is 18.2 Å². The molecule has 0 aliphatic rings. The summed E-state index contributed by atoms with van der Waals surface area (Å²) in [6, 6.07) is 4.56. The first-order valence-corrected chi connectivity index (χ1v) is 5.28. The number of nitrogens with two attached hydrogens (primary N) is 1. The Bertz CT molecular complexity index is 409. The molecular formula is C12H17NO4. The second kappa shape index (κ2) is 5.05. The van der Waals surface area contributed by atoms with Gasteiger partial charge in [0.1, 0.15) is 5.56 Å². The number of para-hydroxylation sites is 1. The Kier molecular flexibility index (Phi) is 3.96. The Labute approximate surface area is 99.8 Å². The predicted molar refractivity (Wildman–Crippen MR) is 64.2 cm³/mol. The molecule has 1 aromatic carbocycles. The van der Waals surface area contributed by atoms with Gasteiger partial charge in [-0.1, -0.05) is 6.07 Å². The Morgan fingerprint density at radius 1 is 1.47 bits per heavy atom. The summed E-state index contributed by atoms with van der Waals surface area (Å²) in [4.78, 5) is 10.9. The number of benzene rings is 1. The minimum Gasteiger partial charge on any atom is -0.490 e. The lowest BCUT2D eigenvalue weighted by molar-refractivity contribution is 0.0549. The molecule has 5 heteroatoms. The number of rotatable bonds is 5. The van der Waals surface area contributed by atoms with Gasteiger partial charge in [0.05, 0.1) is 17.9 Å². The molecule has 1 rings (SSSR count). The van der Waals surface area contributed by atoms with Gasteiger partial charge in [-0.2, -0.15) is 0 Å². The van der Waals surface area contributed by atoms with Gasteiger partial charge in [0.15, 0.2) is 5.75 Å². The number of anilines is 1. The number of hydrogen-bond donors (Lipinski definition) is 3. The van der Waals surface area contributed by atoms with E-state index in [0.29, 0.717) is 6.42 Å². The predicted octanol–water partition coefficient (Wildman–Crippen LogP) is 1.51. The molecular weight excluding hydrogens is 222 g/mol. The quantitative estimate of drug-likeness (QED) is 0.677. The van der Waals surface area contributed by atoms with Crippen molar-refractivity contribution in [1.29, 1.82) is 0 Å². The van der Waals surface area contributed by atoms with Gasteiger partial charge in [-0.15, -0.1) is 0 Å². The molecule has 0 radical (unpaired) electrons. The molecule has 0 aliphatic carbocycles. The molecule has 94 valence electrons. The van der Waals surface area contributed by atoms with Crippen LogP contribution in [-0.2, 0) is 0 Å². The summed E-state index contributed by atoms with van der Waals surface area (Å²) in [6.45, 7) is 3.52. The second-order valence-corrected chi connectivity index (χ2v) is 4.44. The highest BCUT2D eigenvalue weighted by Crippen LogP contribution is 2.26. The molecule has 0 heterocycles. The highest BCUT2D eigenvalue weighted by molar-refractivity contribution is 5.93. The van der Waals surface area contributed by atoms with E-state index in [9.17, 15) is 9.90 Å². The van der Waals surface area contributed by atoms with Crippen molar-refractivity contribution in [3.8, 4) is 5.75 Å². The third kappa shape index (κ3) is 3.96. The van der Waals surface area contributed by atoms with Crippen LogP contribution < -0.4 is 10.5 Å². The largest absolute Gasteiger partial charge is 0.490 e. The number of hydrogen-bond acceptors (Lipinski definition) is 4. The number of nitrogen functional groups attached to an aromatic ring is 1. The fourth-order valence-electron chi connectivity index (χ4n) is 1.29. The van der Waals surface area contributed by atoms with Crippen LogP contribution in [0.1, 0.15) is 30.6 Å². The van der Waals surface area contributed by atoms with Crippen molar-refractivity contribution >= 4 is 11.7 Å². The lowest BCUT2D eigenvalue weighted by Gasteiger charge is -2.18. The highest BCUT2D eigenvalue weighted by Gasteiger charge is 2.16. The molecule has 0 unspecified atom stereocenters. The van der Waals surface area contributed by atoms with Gasteiger partial charge in [-0.05, 0) is 26.0 Å². The lowest BCUT2D eigenvalue weighted by atomic mass is 10.1.